The second-order valence-electron chi connectivity index (χ2n) is 4.63. The van der Waals surface area contributed by atoms with Crippen LogP contribution in [0.2, 0.25) is 0 Å². The van der Waals surface area contributed by atoms with Gasteiger partial charge in [0.25, 0.3) is 5.56 Å². The number of nitrogens with one attached hydrogen (secondary N) is 1. The SMILES string of the molecule is Cc1nc(CCc2ccccc2)[nH]c(=O)c1CC(=O)O. The van der Waals surface area contributed by atoms with Crippen molar-refractivity contribution in [3.05, 3.63) is 63.3 Å². The zero-order valence-corrected chi connectivity index (χ0v) is 11.2. The summed E-state index contributed by atoms with van der Waals surface area (Å²) in [6.07, 6.45) is 1.10. The molecule has 0 radical (unpaired) electrons. The second-order valence-corrected chi connectivity index (χ2v) is 4.63. The third-order valence-electron chi connectivity index (χ3n) is 3.09. The first kappa shape index (κ1) is 14.0. The van der Waals surface area contributed by atoms with Crippen molar-refractivity contribution in [1.82, 2.24) is 9.97 Å². The molecule has 1 aromatic carbocycles. The number of benzene rings is 1. The highest BCUT2D eigenvalue weighted by Crippen LogP contribution is 2.05. The van der Waals surface area contributed by atoms with Crippen LogP contribution >= 0.6 is 0 Å². The zero-order valence-electron chi connectivity index (χ0n) is 11.2. The van der Waals surface area contributed by atoms with E-state index in [0.29, 0.717) is 17.9 Å². The smallest absolute Gasteiger partial charge is 0.308 e. The standard InChI is InChI=1S/C15H16N2O3/c1-10-12(9-14(18)19)15(20)17-13(16-10)8-7-11-5-3-2-4-6-11/h2-6H,7-9H2,1H3,(H,18,19)(H,16,17,20). The number of hydrogen-bond acceptors (Lipinski definition) is 3. The van der Waals surface area contributed by atoms with Crippen LogP contribution in [0.1, 0.15) is 22.6 Å². The molecule has 0 atom stereocenters. The molecule has 0 fully saturated rings. The number of carbonyl (C=O) groups is 1. The van der Waals surface area contributed by atoms with Crippen molar-refractivity contribution in [2.24, 2.45) is 0 Å². The lowest BCUT2D eigenvalue weighted by Gasteiger charge is -2.06. The van der Waals surface area contributed by atoms with Gasteiger partial charge in [0.05, 0.1) is 6.42 Å². The van der Waals surface area contributed by atoms with Crippen molar-refractivity contribution >= 4 is 5.97 Å². The van der Waals surface area contributed by atoms with E-state index >= 15 is 0 Å². The van der Waals surface area contributed by atoms with E-state index < -0.39 is 5.97 Å². The molecule has 20 heavy (non-hydrogen) atoms. The van der Waals surface area contributed by atoms with Crippen molar-refractivity contribution in [2.45, 2.75) is 26.2 Å². The van der Waals surface area contributed by atoms with Gasteiger partial charge in [-0.3, -0.25) is 9.59 Å². The Morgan fingerprint density at radius 1 is 1.25 bits per heavy atom. The molecule has 104 valence electrons. The molecule has 2 N–H and O–H groups in total. The summed E-state index contributed by atoms with van der Waals surface area (Å²) in [4.78, 5) is 29.5. The molecule has 0 bridgehead atoms. The molecule has 5 nitrogen and oxygen atoms in total. The molecular weight excluding hydrogens is 256 g/mol. The lowest BCUT2D eigenvalue weighted by atomic mass is 10.1. The van der Waals surface area contributed by atoms with Crippen LogP contribution in [0, 0.1) is 6.92 Å². The van der Waals surface area contributed by atoms with Gasteiger partial charge in [0, 0.05) is 17.7 Å². The van der Waals surface area contributed by atoms with Crippen LogP contribution < -0.4 is 5.56 Å². The summed E-state index contributed by atoms with van der Waals surface area (Å²) >= 11 is 0. The maximum absolute atomic E-state index is 11.8. The monoisotopic (exact) mass is 272 g/mol. The number of aryl methyl sites for hydroxylation is 3. The van der Waals surface area contributed by atoms with Crippen molar-refractivity contribution in [1.29, 1.82) is 0 Å². The van der Waals surface area contributed by atoms with Crippen LogP contribution in [-0.2, 0) is 24.1 Å². The summed E-state index contributed by atoms with van der Waals surface area (Å²) in [5.41, 5.74) is 1.52. The fourth-order valence-corrected chi connectivity index (χ4v) is 2.05. The third kappa shape index (κ3) is 3.54. The Kier molecular flexibility index (Phi) is 4.30. The van der Waals surface area contributed by atoms with Crippen LogP contribution in [0.3, 0.4) is 0 Å². The molecule has 0 amide bonds. The highest BCUT2D eigenvalue weighted by molar-refractivity contribution is 5.70. The Labute approximate surface area is 116 Å². The summed E-state index contributed by atoms with van der Waals surface area (Å²) in [6, 6.07) is 9.92. The fourth-order valence-electron chi connectivity index (χ4n) is 2.05. The maximum atomic E-state index is 11.8. The van der Waals surface area contributed by atoms with E-state index in [2.05, 4.69) is 9.97 Å². The molecule has 0 saturated carbocycles. The van der Waals surface area contributed by atoms with E-state index in [1.165, 1.54) is 5.56 Å². The fraction of sp³-hybridized carbons (Fsp3) is 0.267. The minimum Gasteiger partial charge on any atom is -0.481 e. The molecule has 0 spiro atoms. The Morgan fingerprint density at radius 2 is 1.95 bits per heavy atom. The highest BCUT2D eigenvalue weighted by atomic mass is 16.4. The van der Waals surface area contributed by atoms with Gasteiger partial charge < -0.3 is 10.1 Å². The molecule has 2 aromatic rings. The largest absolute Gasteiger partial charge is 0.481 e. The van der Waals surface area contributed by atoms with Gasteiger partial charge in [-0.25, -0.2) is 4.98 Å². The van der Waals surface area contributed by atoms with E-state index in [1.807, 2.05) is 30.3 Å². The third-order valence-corrected chi connectivity index (χ3v) is 3.09. The van der Waals surface area contributed by atoms with Gasteiger partial charge in [-0.1, -0.05) is 30.3 Å². The van der Waals surface area contributed by atoms with Crippen LogP contribution in [0.4, 0.5) is 0 Å². The summed E-state index contributed by atoms with van der Waals surface area (Å²) in [7, 11) is 0. The minimum absolute atomic E-state index is 0.223. The van der Waals surface area contributed by atoms with E-state index in [4.69, 9.17) is 5.11 Å². The van der Waals surface area contributed by atoms with Gasteiger partial charge in [0.15, 0.2) is 0 Å². The van der Waals surface area contributed by atoms with Crippen LogP contribution in [-0.4, -0.2) is 21.0 Å². The first-order chi connectivity index (χ1) is 9.56. The van der Waals surface area contributed by atoms with Crippen LogP contribution in [0.5, 0.6) is 0 Å². The average molecular weight is 272 g/mol. The topological polar surface area (TPSA) is 83.0 Å². The molecule has 1 heterocycles. The summed E-state index contributed by atoms with van der Waals surface area (Å²) < 4.78 is 0. The summed E-state index contributed by atoms with van der Waals surface area (Å²) in [6.45, 7) is 1.67. The molecule has 0 aliphatic carbocycles. The molecule has 0 saturated heterocycles. The van der Waals surface area contributed by atoms with Crippen LogP contribution in [0.15, 0.2) is 35.1 Å². The van der Waals surface area contributed by atoms with Gasteiger partial charge in [-0.05, 0) is 18.9 Å². The molecular formula is C15H16N2O3. The highest BCUT2D eigenvalue weighted by Gasteiger charge is 2.11. The van der Waals surface area contributed by atoms with Crippen molar-refractivity contribution in [3.63, 3.8) is 0 Å². The number of carboxylic acids is 1. The molecule has 2 rings (SSSR count). The molecule has 0 aliphatic rings. The number of carboxylic acid groups (broad SMARTS) is 1. The van der Waals surface area contributed by atoms with E-state index in [9.17, 15) is 9.59 Å². The molecule has 1 aromatic heterocycles. The van der Waals surface area contributed by atoms with Crippen LogP contribution in [0.25, 0.3) is 0 Å². The Bertz CT molecular complexity index is 663. The molecule has 0 aliphatic heterocycles. The number of H-pyrrole nitrogens is 1. The number of hydrogen-bond donors (Lipinski definition) is 2. The van der Waals surface area contributed by atoms with Gasteiger partial charge >= 0.3 is 5.97 Å². The maximum Gasteiger partial charge on any atom is 0.308 e. The summed E-state index contributed by atoms with van der Waals surface area (Å²) in [5.74, 6) is -0.442. The quantitative estimate of drug-likeness (QED) is 0.863. The van der Waals surface area contributed by atoms with Gasteiger partial charge in [0.2, 0.25) is 0 Å². The summed E-state index contributed by atoms with van der Waals surface area (Å²) in [5, 5.41) is 8.76. The normalized spacial score (nSPS) is 10.4. The van der Waals surface area contributed by atoms with Gasteiger partial charge in [0.1, 0.15) is 5.82 Å². The zero-order chi connectivity index (χ0) is 14.5. The number of aromatic amines is 1. The Balaban J connectivity index is 2.14. The number of aliphatic carboxylic acids is 1. The molecule has 0 unspecified atom stereocenters. The van der Waals surface area contributed by atoms with E-state index in [0.717, 1.165) is 6.42 Å². The van der Waals surface area contributed by atoms with Crippen molar-refractivity contribution in [3.8, 4) is 0 Å². The lowest BCUT2D eigenvalue weighted by molar-refractivity contribution is -0.136. The predicted octanol–water partition coefficient (Wildman–Crippen LogP) is 1.49. The Morgan fingerprint density at radius 3 is 2.55 bits per heavy atom. The number of nitrogens with zero attached hydrogens (tertiary/aromatic N) is 1. The second kappa shape index (κ2) is 6.14. The van der Waals surface area contributed by atoms with E-state index in [-0.39, 0.29) is 17.5 Å². The predicted molar refractivity (Wildman–Crippen MR) is 74.8 cm³/mol. The number of aromatic nitrogens is 2. The first-order valence-corrected chi connectivity index (χ1v) is 6.40. The lowest BCUT2D eigenvalue weighted by Crippen LogP contribution is -2.21. The average Bonchev–Trinajstić information content (AvgIpc) is 2.41. The van der Waals surface area contributed by atoms with Crippen molar-refractivity contribution in [2.75, 3.05) is 0 Å². The van der Waals surface area contributed by atoms with Gasteiger partial charge in [-0.2, -0.15) is 0 Å². The van der Waals surface area contributed by atoms with Crippen molar-refractivity contribution < 1.29 is 9.90 Å². The minimum atomic E-state index is -1.03. The molecule has 5 heteroatoms. The first-order valence-electron chi connectivity index (χ1n) is 6.40. The van der Waals surface area contributed by atoms with E-state index in [1.54, 1.807) is 6.92 Å². The number of rotatable bonds is 5. The van der Waals surface area contributed by atoms with Gasteiger partial charge in [-0.15, -0.1) is 0 Å². The Hall–Kier alpha value is -2.43.